The van der Waals surface area contributed by atoms with E-state index < -0.39 is 4.92 Å². The molecule has 0 unspecified atom stereocenters. The molecular weight excluding hydrogens is 340 g/mol. The third kappa shape index (κ3) is 2.93. The van der Waals surface area contributed by atoms with Crippen molar-refractivity contribution in [1.29, 1.82) is 0 Å². The number of aromatic amines is 1. The van der Waals surface area contributed by atoms with E-state index in [4.69, 9.17) is 0 Å². The van der Waals surface area contributed by atoms with E-state index in [1.165, 1.54) is 23.9 Å². The van der Waals surface area contributed by atoms with Gasteiger partial charge in [0.25, 0.3) is 5.69 Å². The predicted molar refractivity (Wildman–Crippen MR) is 94.8 cm³/mol. The van der Waals surface area contributed by atoms with E-state index in [1.807, 2.05) is 30.5 Å². The Bertz CT molecular complexity index is 1120. The van der Waals surface area contributed by atoms with Gasteiger partial charge in [0.15, 0.2) is 5.16 Å². The van der Waals surface area contributed by atoms with Crippen molar-refractivity contribution in [2.75, 3.05) is 0 Å². The number of nitrogens with zero attached hydrogens (tertiary/aromatic N) is 5. The van der Waals surface area contributed by atoms with Gasteiger partial charge in [-0.05, 0) is 26.0 Å². The lowest BCUT2D eigenvalue weighted by atomic mass is 10.3. The SMILES string of the molecule is Cc1cc(C)n2cc(CSc3nc4ccc([N+](=O)[O-])cc4[nH]3)nc2n1. The minimum atomic E-state index is -0.416. The highest BCUT2D eigenvalue weighted by atomic mass is 32.2. The molecule has 4 rings (SSSR count). The number of nitrogens with one attached hydrogen (secondary N) is 1. The molecule has 0 saturated carbocycles. The van der Waals surface area contributed by atoms with E-state index in [-0.39, 0.29) is 5.69 Å². The Kier molecular flexibility index (Phi) is 3.65. The Labute approximate surface area is 146 Å². The number of fused-ring (bicyclic) bond motifs is 2. The summed E-state index contributed by atoms with van der Waals surface area (Å²) in [6.45, 7) is 3.97. The van der Waals surface area contributed by atoms with E-state index in [0.29, 0.717) is 27.7 Å². The van der Waals surface area contributed by atoms with Gasteiger partial charge in [-0.1, -0.05) is 11.8 Å². The molecule has 9 heteroatoms. The molecule has 8 nitrogen and oxygen atoms in total. The second-order valence-electron chi connectivity index (χ2n) is 5.73. The van der Waals surface area contributed by atoms with Crippen LogP contribution in [0.25, 0.3) is 16.8 Å². The number of rotatable bonds is 4. The van der Waals surface area contributed by atoms with Crippen molar-refractivity contribution < 1.29 is 4.92 Å². The van der Waals surface area contributed by atoms with Crippen LogP contribution in [0, 0.1) is 24.0 Å². The summed E-state index contributed by atoms with van der Waals surface area (Å²) in [4.78, 5) is 27.0. The Morgan fingerprint density at radius 2 is 2.08 bits per heavy atom. The van der Waals surface area contributed by atoms with Crippen molar-refractivity contribution in [3.8, 4) is 0 Å². The summed E-state index contributed by atoms with van der Waals surface area (Å²) >= 11 is 1.50. The monoisotopic (exact) mass is 354 g/mol. The standard InChI is InChI=1S/C16H14N6O2S/c1-9-5-10(2)21-7-11(18-15(21)17-9)8-25-16-19-13-4-3-12(22(23)24)6-14(13)20-16/h3-7H,8H2,1-2H3,(H,19,20). The minimum Gasteiger partial charge on any atom is -0.333 e. The summed E-state index contributed by atoms with van der Waals surface area (Å²) < 4.78 is 1.96. The van der Waals surface area contributed by atoms with E-state index in [0.717, 1.165) is 17.1 Å². The Morgan fingerprint density at radius 3 is 2.88 bits per heavy atom. The molecule has 0 aliphatic rings. The largest absolute Gasteiger partial charge is 0.333 e. The average molecular weight is 354 g/mol. The van der Waals surface area contributed by atoms with Crippen LogP contribution < -0.4 is 0 Å². The highest BCUT2D eigenvalue weighted by Gasteiger charge is 2.11. The Balaban J connectivity index is 1.57. The summed E-state index contributed by atoms with van der Waals surface area (Å²) in [5.74, 6) is 1.32. The van der Waals surface area contributed by atoms with Gasteiger partial charge >= 0.3 is 0 Å². The number of thioether (sulfide) groups is 1. The number of nitro groups is 1. The number of hydrogen-bond acceptors (Lipinski definition) is 6. The van der Waals surface area contributed by atoms with Crippen LogP contribution in [0.5, 0.6) is 0 Å². The minimum absolute atomic E-state index is 0.0463. The zero-order chi connectivity index (χ0) is 17.6. The predicted octanol–water partition coefficient (Wildman–Crippen LogP) is 3.42. The number of aryl methyl sites for hydroxylation is 2. The second kappa shape index (κ2) is 5.85. The quantitative estimate of drug-likeness (QED) is 0.342. The van der Waals surface area contributed by atoms with Crippen LogP contribution in [-0.2, 0) is 5.75 Å². The summed E-state index contributed by atoms with van der Waals surface area (Å²) in [6, 6.07) is 6.61. The first kappa shape index (κ1) is 15.6. The molecule has 0 amide bonds. The van der Waals surface area contributed by atoms with Gasteiger partial charge in [0.1, 0.15) is 0 Å². The molecule has 0 saturated heterocycles. The van der Waals surface area contributed by atoms with Crippen molar-refractivity contribution in [2.24, 2.45) is 0 Å². The third-order valence-corrected chi connectivity index (χ3v) is 4.73. The smallest absolute Gasteiger partial charge is 0.271 e. The number of nitro benzene ring substituents is 1. The van der Waals surface area contributed by atoms with E-state index >= 15 is 0 Å². The maximum absolute atomic E-state index is 10.8. The molecule has 0 aliphatic heterocycles. The average Bonchev–Trinajstić information content (AvgIpc) is 3.15. The van der Waals surface area contributed by atoms with Gasteiger partial charge in [-0.15, -0.1) is 0 Å². The van der Waals surface area contributed by atoms with Crippen LogP contribution in [0.4, 0.5) is 5.69 Å². The fourth-order valence-corrected chi connectivity index (χ4v) is 3.45. The highest BCUT2D eigenvalue weighted by Crippen LogP contribution is 2.25. The molecule has 3 heterocycles. The van der Waals surface area contributed by atoms with Gasteiger partial charge in [0.05, 0.1) is 21.7 Å². The first-order valence-corrected chi connectivity index (χ1v) is 8.57. The lowest BCUT2D eigenvalue weighted by molar-refractivity contribution is -0.384. The van der Waals surface area contributed by atoms with Crippen molar-refractivity contribution in [1.82, 2.24) is 24.3 Å². The van der Waals surface area contributed by atoms with Crippen LogP contribution in [-0.4, -0.2) is 29.3 Å². The van der Waals surface area contributed by atoms with Gasteiger partial charge < -0.3 is 4.98 Å². The molecule has 0 radical (unpaired) electrons. The Morgan fingerprint density at radius 1 is 1.24 bits per heavy atom. The summed E-state index contributed by atoms with van der Waals surface area (Å²) in [5.41, 5.74) is 4.33. The molecule has 126 valence electrons. The van der Waals surface area contributed by atoms with Gasteiger partial charge in [-0.2, -0.15) is 0 Å². The lowest BCUT2D eigenvalue weighted by Gasteiger charge is -1.98. The zero-order valence-corrected chi connectivity index (χ0v) is 14.4. The van der Waals surface area contributed by atoms with E-state index in [2.05, 4.69) is 19.9 Å². The van der Waals surface area contributed by atoms with Crippen LogP contribution in [0.15, 0.2) is 35.6 Å². The van der Waals surface area contributed by atoms with Crippen LogP contribution in [0.3, 0.4) is 0 Å². The molecule has 1 aromatic carbocycles. The molecule has 3 aromatic heterocycles. The van der Waals surface area contributed by atoms with Crippen LogP contribution in [0.1, 0.15) is 17.1 Å². The first-order chi connectivity index (χ1) is 12.0. The first-order valence-electron chi connectivity index (χ1n) is 7.59. The fraction of sp³-hybridized carbons (Fsp3) is 0.188. The molecule has 0 atom stereocenters. The number of imidazole rings is 2. The van der Waals surface area contributed by atoms with Crippen LogP contribution >= 0.6 is 11.8 Å². The molecule has 4 aromatic rings. The molecule has 0 bridgehead atoms. The number of benzene rings is 1. The maximum Gasteiger partial charge on any atom is 0.271 e. The second-order valence-corrected chi connectivity index (χ2v) is 6.69. The van der Waals surface area contributed by atoms with Gasteiger partial charge in [-0.3, -0.25) is 14.5 Å². The van der Waals surface area contributed by atoms with Crippen molar-refractivity contribution in [3.63, 3.8) is 0 Å². The molecule has 0 aliphatic carbocycles. The number of non-ortho nitro benzene ring substituents is 1. The number of H-pyrrole nitrogens is 1. The van der Waals surface area contributed by atoms with E-state index in [9.17, 15) is 10.1 Å². The van der Waals surface area contributed by atoms with Gasteiger partial charge in [0, 0.05) is 35.5 Å². The molecule has 1 N–H and O–H groups in total. The number of hydrogen-bond donors (Lipinski definition) is 1. The van der Waals surface area contributed by atoms with Gasteiger partial charge in [-0.25, -0.2) is 15.0 Å². The normalized spacial score (nSPS) is 11.4. The van der Waals surface area contributed by atoms with E-state index in [1.54, 1.807) is 6.07 Å². The zero-order valence-electron chi connectivity index (χ0n) is 13.6. The molecule has 0 fully saturated rings. The Hall–Kier alpha value is -2.94. The summed E-state index contributed by atoms with van der Waals surface area (Å²) in [7, 11) is 0. The maximum atomic E-state index is 10.8. The third-order valence-electron chi connectivity index (χ3n) is 3.82. The van der Waals surface area contributed by atoms with Crippen molar-refractivity contribution in [3.05, 3.63) is 57.7 Å². The summed E-state index contributed by atoms with van der Waals surface area (Å²) in [6.07, 6.45) is 1.97. The molecule has 0 spiro atoms. The van der Waals surface area contributed by atoms with Crippen LogP contribution in [0.2, 0.25) is 0 Å². The van der Waals surface area contributed by atoms with Crippen molar-refractivity contribution >= 4 is 34.3 Å². The molecule has 25 heavy (non-hydrogen) atoms. The summed E-state index contributed by atoms with van der Waals surface area (Å²) in [5, 5.41) is 11.6. The topological polar surface area (TPSA) is 102 Å². The molecular formula is C16H14N6O2S. The van der Waals surface area contributed by atoms with Crippen molar-refractivity contribution in [2.45, 2.75) is 24.8 Å². The fourth-order valence-electron chi connectivity index (χ4n) is 2.69. The lowest BCUT2D eigenvalue weighted by Crippen LogP contribution is -1.94. The van der Waals surface area contributed by atoms with Gasteiger partial charge in [0.2, 0.25) is 5.78 Å². The highest BCUT2D eigenvalue weighted by molar-refractivity contribution is 7.98. The number of aromatic nitrogens is 5.